The molecule has 0 N–H and O–H groups in total. The van der Waals surface area contributed by atoms with E-state index in [-0.39, 0.29) is 0 Å². The van der Waals surface area contributed by atoms with Crippen LogP contribution in [0.25, 0.3) is 0 Å². The lowest BCUT2D eigenvalue weighted by Gasteiger charge is -2.26. The number of hydrogen-bond donors (Lipinski definition) is 0. The number of benzene rings is 1. The van der Waals surface area contributed by atoms with Crippen molar-refractivity contribution >= 4 is 17.5 Å². The van der Waals surface area contributed by atoms with E-state index in [1.54, 1.807) is 0 Å². The first-order chi connectivity index (χ1) is 9.83. The second-order valence-electron chi connectivity index (χ2n) is 5.47. The smallest absolute Gasteiger partial charge is 0.165 e. The summed E-state index contributed by atoms with van der Waals surface area (Å²) in [6, 6.07) is 8.13. The molecule has 0 bridgehead atoms. The van der Waals surface area contributed by atoms with Crippen molar-refractivity contribution in [3.8, 4) is 0 Å². The van der Waals surface area contributed by atoms with Gasteiger partial charge in [-0.3, -0.25) is 9.69 Å². The molecule has 1 saturated carbocycles. The Morgan fingerprint density at radius 3 is 2.55 bits per heavy atom. The molecular weight excluding hydrogens is 270 g/mol. The van der Waals surface area contributed by atoms with Gasteiger partial charge in [0.2, 0.25) is 0 Å². The zero-order valence-corrected chi connectivity index (χ0v) is 12.5. The van der Waals surface area contributed by atoms with Crippen molar-refractivity contribution in [3.05, 3.63) is 29.8 Å². The first kappa shape index (κ1) is 14.1. The van der Waals surface area contributed by atoms with Gasteiger partial charge in [0.05, 0.1) is 13.2 Å². The second-order valence-corrected chi connectivity index (χ2v) is 6.63. The Bertz CT molecular complexity index is 450. The quantitative estimate of drug-likeness (QED) is 0.595. The van der Waals surface area contributed by atoms with Gasteiger partial charge in [0.1, 0.15) is 0 Å². The molecule has 20 heavy (non-hydrogen) atoms. The van der Waals surface area contributed by atoms with Crippen LogP contribution < -0.4 is 0 Å². The predicted molar refractivity (Wildman–Crippen MR) is 81.5 cm³/mol. The van der Waals surface area contributed by atoms with Gasteiger partial charge in [-0.15, -0.1) is 11.8 Å². The lowest BCUT2D eigenvalue weighted by Crippen LogP contribution is -2.37. The maximum absolute atomic E-state index is 11.9. The van der Waals surface area contributed by atoms with Crippen molar-refractivity contribution in [2.75, 3.05) is 38.6 Å². The van der Waals surface area contributed by atoms with Crippen LogP contribution in [0.5, 0.6) is 0 Å². The molecule has 0 unspecified atom stereocenters. The molecule has 2 aliphatic rings. The molecule has 1 aliphatic heterocycles. The molecule has 0 radical (unpaired) electrons. The average molecular weight is 291 g/mol. The van der Waals surface area contributed by atoms with Crippen molar-refractivity contribution < 1.29 is 9.53 Å². The minimum Gasteiger partial charge on any atom is -0.379 e. The number of Topliss-reactive ketones (excluding diaryl/α,β-unsaturated/α-hetero) is 1. The number of nitrogens with zero attached hydrogens (tertiary/aromatic N) is 1. The number of morpholine rings is 1. The highest BCUT2D eigenvalue weighted by Gasteiger charge is 2.30. The number of carbonyl (C=O) groups is 1. The van der Waals surface area contributed by atoms with Crippen LogP contribution in [0.15, 0.2) is 29.2 Å². The topological polar surface area (TPSA) is 29.5 Å². The third-order valence-electron chi connectivity index (χ3n) is 3.87. The molecule has 0 spiro atoms. The summed E-state index contributed by atoms with van der Waals surface area (Å²) in [6.07, 6.45) is 2.16. The Morgan fingerprint density at radius 2 is 1.90 bits per heavy atom. The number of ketones is 1. The van der Waals surface area contributed by atoms with Crippen LogP contribution in [-0.4, -0.2) is 49.3 Å². The molecule has 0 aromatic heterocycles. The lowest BCUT2D eigenvalue weighted by atomic mass is 10.1. The average Bonchev–Trinajstić information content (AvgIpc) is 3.33. The summed E-state index contributed by atoms with van der Waals surface area (Å²) in [5.74, 6) is 1.74. The zero-order valence-electron chi connectivity index (χ0n) is 11.7. The van der Waals surface area contributed by atoms with Gasteiger partial charge in [-0.1, -0.05) is 12.1 Å². The first-order valence-corrected chi connectivity index (χ1v) is 8.39. The summed E-state index contributed by atoms with van der Waals surface area (Å²) in [4.78, 5) is 15.6. The summed E-state index contributed by atoms with van der Waals surface area (Å²) >= 11 is 1.86. The number of rotatable bonds is 6. The van der Waals surface area contributed by atoms with Gasteiger partial charge in [0.15, 0.2) is 5.78 Å². The van der Waals surface area contributed by atoms with Crippen LogP contribution >= 0.6 is 11.8 Å². The summed E-state index contributed by atoms with van der Waals surface area (Å²) in [5.41, 5.74) is 0.880. The van der Waals surface area contributed by atoms with Crippen molar-refractivity contribution in [1.82, 2.24) is 4.90 Å². The minimum absolute atomic E-state index is 0.315. The predicted octanol–water partition coefficient (Wildman–Crippen LogP) is 2.70. The maximum atomic E-state index is 11.9. The number of ether oxygens (including phenoxy) is 1. The van der Waals surface area contributed by atoms with Crippen LogP contribution in [0.3, 0.4) is 0 Å². The summed E-state index contributed by atoms with van der Waals surface area (Å²) in [5, 5.41) is 0. The highest BCUT2D eigenvalue weighted by atomic mass is 32.2. The second kappa shape index (κ2) is 6.74. The van der Waals surface area contributed by atoms with E-state index in [1.165, 1.54) is 4.90 Å². The number of thioether (sulfide) groups is 1. The van der Waals surface area contributed by atoms with Crippen LogP contribution in [0, 0.1) is 5.92 Å². The fourth-order valence-corrected chi connectivity index (χ4v) is 3.33. The molecule has 108 valence electrons. The Kier molecular flexibility index (Phi) is 4.76. The van der Waals surface area contributed by atoms with Gasteiger partial charge >= 0.3 is 0 Å². The van der Waals surface area contributed by atoms with Gasteiger partial charge in [-0.05, 0) is 25.0 Å². The summed E-state index contributed by atoms with van der Waals surface area (Å²) < 4.78 is 5.34. The van der Waals surface area contributed by atoms with E-state index in [0.717, 1.165) is 57.0 Å². The van der Waals surface area contributed by atoms with E-state index in [2.05, 4.69) is 17.0 Å². The van der Waals surface area contributed by atoms with Gasteiger partial charge in [-0.25, -0.2) is 0 Å². The molecule has 4 heteroatoms. The highest BCUT2D eigenvalue weighted by molar-refractivity contribution is 7.99. The Labute approximate surface area is 124 Å². The van der Waals surface area contributed by atoms with Crippen LogP contribution in [0.4, 0.5) is 0 Å². The molecule has 1 aliphatic carbocycles. The molecule has 1 aromatic carbocycles. The molecular formula is C16H21NO2S. The SMILES string of the molecule is O=C(c1ccc(SCCN2CCOCC2)cc1)C1CC1. The minimum atomic E-state index is 0.315. The third kappa shape index (κ3) is 3.84. The molecule has 3 rings (SSSR count). The van der Waals surface area contributed by atoms with E-state index < -0.39 is 0 Å². The van der Waals surface area contributed by atoms with E-state index in [1.807, 2.05) is 23.9 Å². The summed E-state index contributed by atoms with van der Waals surface area (Å²) in [6.45, 7) is 4.94. The number of hydrogen-bond acceptors (Lipinski definition) is 4. The fourth-order valence-electron chi connectivity index (χ4n) is 2.41. The Morgan fingerprint density at radius 1 is 1.20 bits per heavy atom. The lowest BCUT2D eigenvalue weighted by molar-refractivity contribution is 0.0410. The first-order valence-electron chi connectivity index (χ1n) is 7.40. The molecule has 1 aromatic rings. The largest absolute Gasteiger partial charge is 0.379 e. The van der Waals surface area contributed by atoms with Gasteiger partial charge < -0.3 is 4.74 Å². The van der Waals surface area contributed by atoms with Gasteiger partial charge in [0, 0.05) is 41.8 Å². The van der Waals surface area contributed by atoms with Crippen LogP contribution in [-0.2, 0) is 4.74 Å². The molecule has 0 atom stereocenters. The zero-order chi connectivity index (χ0) is 13.8. The number of carbonyl (C=O) groups excluding carboxylic acids is 1. The molecule has 1 heterocycles. The van der Waals surface area contributed by atoms with Crippen molar-refractivity contribution in [1.29, 1.82) is 0 Å². The highest BCUT2D eigenvalue weighted by Crippen LogP contribution is 2.33. The maximum Gasteiger partial charge on any atom is 0.165 e. The Hall–Kier alpha value is -0.840. The Balaban J connectivity index is 1.44. The molecule has 0 amide bonds. The fraction of sp³-hybridized carbons (Fsp3) is 0.562. The van der Waals surface area contributed by atoms with Crippen molar-refractivity contribution in [2.45, 2.75) is 17.7 Å². The van der Waals surface area contributed by atoms with Crippen molar-refractivity contribution in [3.63, 3.8) is 0 Å². The summed E-state index contributed by atoms with van der Waals surface area (Å²) in [7, 11) is 0. The van der Waals surface area contributed by atoms with E-state index >= 15 is 0 Å². The van der Waals surface area contributed by atoms with Crippen LogP contribution in [0.1, 0.15) is 23.2 Å². The normalized spacial score (nSPS) is 20.0. The molecule has 2 fully saturated rings. The monoisotopic (exact) mass is 291 g/mol. The van der Waals surface area contributed by atoms with Crippen LogP contribution in [0.2, 0.25) is 0 Å². The standard InChI is InChI=1S/C16H21NO2S/c18-16(13-1-2-13)14-3-5-15(6-4-14)20-12-9-17-7-10-19-11-8-17/h3-6,13H,1-2,7-12H2. The van der Waals surface area contributed by atoms with E-state index in [9.17, 15) is 4.79 Å². The molecule has 1 saturated heterocycles. The van der Waals surface area contributed by atoms with Gasteiger partial charge in [-0.2, -0.15) is 0 Å². The van der Waals surface area contributed by atoms with Crippen molar-refractivity contribution in [2.24, 2.45) is 5.92 Å². The molecule has 3 nitrogen and oxygen atoms in total. The van der Waals surface area contributed by atoms with Gasteiger partial charge in [0.25, 0.3) is 0 Å². The third-order valence-corrected chi connectivity index (χ3v) is 4.86. The van der Waals surface area contributed by atoms with E-state index in [4.69, 9.17) is 4.74 Å². The van der Waals surface area contributed by atoms with E-state index in [0.29, 0.717) is 11.7 Å².